The number of alkyl carbamates (subject to hydrolysis) is 1. The number of aliphatic hydroxyl groups is 1. The summed E-state index contributed by atoms with van der Waals surface area (Å²) in [4.78, 5) is 12.1. The van der Waals surface area contributed by atoms with Crippen LogP contribution in [0.25, 0.3) is 0 Å². The normalized spacial score (nSPS) is 49.4. The van der Waals surface area contributed by atoms with Crippen LogP contribution in [0.15, 0.2) is 0 Å². The zero-order valence-corrected chi connectivity index (χ0v) is 25.0. The monoisotopic (exact) mass is 531 g/mol. The lowest BCUT2D eigenvalue weighted by Gasteiger charge is -2.59. The molecule has 1 amide bonds. The molecule has 0 aromatic rings. The van der Waals surface area contributed by atoms with Gasteiger partial charge >= 0.3 is 6.09 Å². The summed E-state index contributed by atoms with van der Waals surface area (Å²) in [5, 5.41) is 13.5. The molecule has 1 saturated heterocycles. The van der Waals surface area contributed by atoms with Gasteiger partial charge in [-0.25, -0.2) is 4.79 Å². The maximum absolute atomic E-state index is 12.1. The van der Waals surface area contributed by atoms with Gasteiger partial charge in [0.15, 0.2) is 0 Å². The van der Waals surface area contributed by atoms with E-state index in [1.807, 2.05) is 20.8 Å². The fraction of sp³-hybridized carbons (Fsp3) is 0.969. The summed E-state index contributed by atoms with van der Waals surface area (Å²) in [5.41, 5.74) is 0.418. The molecule has 6 rings (SSSR count). The molecule has 2 N–H and O–H groups in total. The first kappa shape index (κ1) is 27.3. The Morgan fingerprint density at radius 3 is 2.45 bits per heavy atom. The fourth-order valence-electron chi connectivity index (χ4n) is 11.8. The highest BCUT2D eigenvalue weighted by atomic mass is 16.6. The van der Waals surface area contributed by atoms with Crippen LogP contribution in [-0.2, 0) is 14.2 Å². The minimum absolute atomic E-state index is 0.00914. The first-order valence-electron chi connectivity index (χ1n) is 15.7. The number of rotatable bonds is 5. The molecule has 0 aromatic carbocycles. The highest BCUT2D eigenvalue weighted by Crippen LogP contribution is 2.87. The zero-order valence-electron chi connectivity index (χ0n) is 25.0. The van der Waals surface area contributed by atoms with Gasteiger partial charge in [-0.05, 0) is 125 Å². The van der Waals surface area contributed by atoms with Crippen molar-refractivity contribution in [1.29, 1.82) is 0 Å². The zero-order chi connectivity index (χ0) is 27.3. The maximum atomic E-state index is 12.1. The number of nitrogens with one attached hydrogen (secondary N) is 1. The number of amides is 1. The van der Waals surface area contributed by atoms with E-state index in [0.29, 0.717) is 40.8 Å². The Labute approximate surface area is 230 Å². The second kappa shape index (κ2) is 8.82. The topological polar surface area (TPSA) is 77.0 Å². The number of hydrogen-bond acceptors (Lipinski definition) is 5. The van der Waals surface area contributed by atoms with Gasteiger partial charge in [-0.1, -0.05) is 20.8 Å². The molecule has 11 atom stereocenters. The largest absolute Gasteiger partial charge is 0.446 e. The van der Waals surface area contributed by atoms with Gasteiger partial charge in [0, 0.05) is 19.1 Å². The van der Waals surface area contributed by atoms with Gasteiger partial charge in [-0.3, -0.25) is 0 Å². The molecule has 216 valence electrons. The summed E-state index contributed by atoms with van der Waals surface area (Å²) in [6.07, 6.45) is 12.0. The van der Waals surface area contributed by atoms with Crippen molar-refractivity contribution in [2.24, 2.45) is 45.3 Å². The van der Waals surface area contributed by atoms with Gasteiger partial charge in [0.25, 0.3) is 0 Å². The molecule has 1 heterocycles. The maximum Gasteiger partial charge on any atom is 0.407 e. The van der Waals surface area contributed by atoms with E-state index in [1.165, 1.54) is 51.4 Å². The molecule has 5 aliphatic carbocycles. The molecular weight excluding hydrogens is 478 g/mol. The van der Waals surface area contributed by atoms with E-state index in [1.54, 1.807) is 7.05 Å². The number of ether oxygens (including phenoxy) is 3. The van der Waals surface area contributed by atoms with Crippen LogP contribution >= 0.6 is 0 Å². The van der Waals surface area contributed by atoms with Gasteiger partial charge in [0.05, 0.1) is 17.8 Å². The van der Waals surface area contributed by atoms with Crippen molar-refractivity contribution < 1.29 is 24.1 Å². The second-order valence-corrected chi connectivity index (χ2v) is 15.5. The van der Waals surface area contributed by atoms with E-state index < -0.39 is 5.60 Å². The Morgan fingerprint density at radius 1 is 1.03 bits per heavy atom. The molecule has 0 aromatic heterocycles. The van der Waals surface area contributed by atoms with E-state index in [2.05, 4.69) is 26.1 Å². The van der Waals surface area contributed by atoms with Crippen molar-refractivity contribution in [3.05, 3.63) is 0 Å². The Bertz CT molecular complexity index is 945. The van der Waals surface area contributed by atoms with Crippen molar-refractivity contribution in [3.63, 3.8) is 0 Å². The molecule has 6 nitrogen and oxygen atoms in total. The minimum Gasteiger partial charge on any atom is -0.446 e. The molecule has 2 spiro atoms. The molecule has 6 unspecified atom stereocenters. The second-order valence-electron chi connectivity index (χ2n) is 15.5. The minimum atomic E-state index is -0.904. The van der Waals surface area contributed by atoms with Crippen molar-refractivity contribution in [3.8, 4) is 0 Å². The van der Waals surface area contributed by atoms with Gasteiger partial charge < -0.3 is 24.6 Å². The molecule has 0 radical (unpaired) electrons. The Balaban J connectivity index is 1.22. The summed E-state index contributed by atoms with van der Waals surface area (Å²) in [7, 11) is 1.66. The van der Waals surface area contributed by atoms with E-state index in [9.17, 15) is 9.90 Å². The average molecular weight is 532 g/mol. The summed E-state index contributed by atoms with van der Waals surface area (Å²) < 4.78 is 18.9. The van der Waals surface area contributed by atoms with Crippen molar-refractivity contribution in [2.75, 3.05) is 13.7 Å². The molecule has 5 saturated carbocycles. The summed E-state index contributed by atoms with van der Waals surface area (Å²) >= 11 is 0. The van der Waals surface area contributed by atoms with Crippen LogP contribution in [0.4, 0.5) is 4.79 Å². The van der Waals surface area contributed by atoms with Crippen LogP contribution in [0, 0.1) is 45.3 Å². The number of carbonyl (C=O) groups is 1. The lowest BCUT2D eigenvalue weighted by molar-refractivity contribution is -0.193. The van der Waals surface area contributed by atoms with E-state index in [0.717, 1.165) is 24.7 Å². The number of fused-ring (bicyclic) bond motifs is 4. The summed E-state index contributed by atoms with van der Waals surface area (Å²) in [6.45, 7) is 13.7. The SMILES string of the molecule is CCO[C@@H](C1CCC2C(CC3C4CCC5C(C)(C)[C@@H](OC(=O)NC)CC[C@@]56C[C@@]46CC[C@]23C)O1)C(C)(C)O. The highest BCUT2D eigenvalue weighted by Gasteiger charge is 2.81. The van der Waals surface area contributed by atoms with Crippen LogP contribution in [0.5, 0.6) is 0 Å². The van der Waals surface area contributed by atoms with Gasteiger partial charge in [-0.15, -0.1) is 0 Å². The third-order valence-electron chi connectivity index (χ3n) is 13.4. The predicted octanol–water partition coefficient (Wildman–Crippen LogP) is 6.09. The molecule has 0 bridgehead atoms. The molecule has 38 heavy (non-hydrogen) atoms. The van der Waals surface area contributed by atoms with Crippen LogP contribution in [0.2, 0.25) is 0 Å². The van der Waals surface area contributed by atoms with Crippen LogP contribution < -0.4 is 5.32 Å². The Hall–Kier alpha value is -0.850. The van der Waals surface area contributed by atoms with E-state index in [4.69, 9.17) is 14.2 Å². The highest BCUT2D eigenvalue weighted by molar-refractivity contribution is 5.67. The van der Waals surface area contributed by atoms with Crippen molar-refractivity contribution in [1.82, 2.24) is 5.32 Å². The third-order valence-corrected chi connectivity index (χ3v) is 13.4. The lowest BCUT2D eigenvalue weighted by Crippen LogP contribution is -2.55. The van der Waals surface area contributed by atoms with Crippen LogP contribution in [0.3, 0.4) is 0 Å². The third kappa shape index (κ3) is 3.64. The van der Waals surface area contributed by atoms with E-state index in [-0.39, 0.29) is 29.8 Å². The molecule has 1 aliphatic heterocycles. The van der Waals surface area contributed by atoms with Gasteiger partial charge in [0.2, 0.25) is 0 Å². The first-order chi connectivity index (χ1) is 17.8. The number of hydrogen-bond donors (Lipinski definition) is 2. The van der Waals surface area contributed by atoms with Crippen LogP contribution in [-0.4, -0.2) is 54.9 Å². The number of carbonyl (C=O) groups excluding carboxylic acids is 1. The molecule has 6 aliphatic rings. The quantitative estimate of drug-likeness (QED) is 0.449. The molecule has 6 heteroatoms. The van der Waals surface area contributed by atoms with Crippen molar-refractivity contribution >= 4 is 6.09 Å². The molecule has 6 fully saturated rings. The van der Waals surface area contributed by atoms with Gasteiger partial charge in [0.1, 0.15) is 12.2 Å². The Kier molecular flexibility index (Phi) is 6.34. The fourth-order valence-corrected chi connectivity index (χ4v) is 11.8. The predicted molar refractivity (Wildman–Crippen MR) is 147 cm³/mol. The molecular formula is C32H53NO5. The average Bonchev–Trinajstić information content (AvgIpc) is 3.43. The summed E-state index contributed by atoms with van der Waals surface area (Å²) in [6, 6.07) is 0. The standard InChI is InChI=1S/C32H53NO5/c1-8-36-26(29(4,5)35)22-11-9-20-23(37-22)17-21-19-10-12-24-28(2,3)25(38-27(34)33-7)13-14-32(24)18-31(19,32)16-15-30(20,21)6/h19-26,35H,8-18H2,1-7H3,(H,33,34)/t19?,20?,21?,22?,23?,24?,25-,26-,30+,31-,32+/m0/s1. The summed E-state index contributed by atoms with van der Waals surface area (Å²) in [5.74, 6) is 2.81. The lowest BCUT2D eigenvalue weighted by atomic mass is 9.46. The smallest absolute Gasteiger partial charge is 0.407 e. The van der Waals surface area contributed by atoms with Gasteiger partial charge in [-0.2, -0.15) is 0 Å². The first-order valence-corrected chi connectivity index (χ1v) is 15.7. The van der Waals surface area contributed by atoms with Crippen molar-refractivity contribution in [2.45, 2.75) is 136 Å². The van der Waals surface area contributed by atoms with Crippen LogP contribution in [0.1, 0.15) is 106 Å². The Morgan fingerprint density at radius 2 is 1.76 bits per heavy atom. The van der Waals surface area contributed by atoms with E-state index >= 15 is 0 Å².